The predicted molar refractivity (Wildman–Crippen MR) is 115 cm³/mol. The van der Waals surface area contributed by atoms with Crippen molar-refractivity contribution in [2.75, 3.05) is 26.2 Å². The molecule has 1 fully saturated rings. The summed E-state index contributed by atoms with van der Waals surface area (Å²) in [4.78, 5) is 15.7. The van der Waals surface area contributed by atoms with Gasteiger partial charge in [0.1, 0.15) is 0 Å². The monoisotopic (exact) mass is 396 g/mol. The van der Waals surface area contributed by atoms with Crippen molar-refractivity contribution in [2.45, 2.75) is 72.4 Å². The largest absolute Gasteiger partial charge is 0.480 e. The highest BCUT2D eigenvalue weighted by Crippen LogP contribution is 2.28. The van der Waals surface area contributed by atoms with E-state index in [1.54, 1.807) is 0 Å². The van der Waals surface area contributed by atoms with E-state index in [4.69, 9.17) is 5.11 Å². The van der Waals surface area contributed by atoms with Crippen molar-refractivity contribution in [3.63, 3.8) is 0 Å². The van der Waals surface area contributed by atoms with Gasteiger partial charge in [-0.3, -0.25) is 14.6 Å². The number of carboxylic acid groups (broad SMARTS) is 1. The van der Waals surface area contributed by atoms with Crippen LogP contribution in [-0.4, -0.2) is 53.1 Å². The van der Waals surface area contributed by atoms with E-state index in [0.29, 0.717) is 6.04 Å². The zero-order valence-electron chi connectivity index (χ0n) is 17.8. The minimum absolute atomic E-state index is 0. The highest BCUT2D eigenvalue weighted by Gasteiger charge is 2.25. The van der Waals surface area contributed by atoms with Crippen LogP contribution in [0.25, 0.3) is 0 Å². The molecule has 154 valence electrons. The zero-order chi connectivity index (χ0) is 19.5. The van der Waals surface area contributed by atoms with E-state index in [1.807, 2.05) is 0 Å². The Hall–Kier alpha value is -1.10. The number of aryl methyl sites for hydroxylation is 2. The van der Waals surface area contributed by atoms with Gasteiger partial charge in [0.05, 0.1) is 6.54 Å². The van der Waals surface area contributed by atoms with Gasteiger partial charge in [-0.25, -0.2) is 0 Å². The number of likely N-dealkylation sites (tertiary alicyclic amines) is 1. The first-order chi connectivity index (χ1) is 12.1. The smallest absolute Gasteiger partial charge is 0.317 e. The lowest BCUT2D eigenvalue weighted by atomic mass is 9.83. The SMILES string of the molecule is CCN(CC(=O)O)C1CCN(Cc2c(C)cc(C(C)(C)C)cc2C)CC1.Cl. The molecule has 1 aliphatic heterocycles. The molecule has 1 aromatic rings. The summed E-state index contributed by atoms with van der Waals surface area (Å²) in [5, 5.41) is 9.08. The van der Waals surface area contributed by atoms with Crippen molar-refractivity contribution in [1.82, 2.24) is 9.80 Å². The molecule has 1 aliphatic rings. The number of carbonyl (C=O) groups is 1. The summed E-state index contributed by atoms with van der Waals surface area (Å²) < 4.78 is 0. The summed E-state index contributed by atoms with van der Waals surface area (Å²) in [7, 11) is 0. The summed E-state index contributed by atoms with van der Waals surface area (Å²) in [6, 6.07) is 5.10. The second kappa shape index (κ2) is 9.90. The van der Waals surface area contributed by atoms with Crippen LogP contribution in [0.15, 0.2) is 12.1 Å². The Morgan fingerprint density at radius 1 is 1.19 bits per heavy atom. The molecule has 0 aliphatic carbocycles. The molecular formula is C22H37ClN2O2. The van der Waals surface area contributed by atoms with Crippen LogP contribution < -0.4 is 0 Å². The van der Waals surface area contributed by atoms with E-state index in [2.05, 4.69) is 63.5 Å². The number of carboxylic acids is 1. The van der Waals surface area contributed by atoms with Crippen LogP contribution in [-0.2, 0) is 16.8 Å². The zero-order valence-corrected chi connectivity index (χ0v) is 18.7. The van der Waals surface area contributed by atoms with Crippen molar-refractivity contribution in [1.29, 1.82) is 0 Å². The van der Waals surface area contributed by atoms with Crippen LogP contribution in [0, 0.1) is 13.8 Å². The first-order valence-electron chi connectivity index (χ1n) is 9.90. The van der Waals surface area contributed by atoms with E-state index in [9.17, 15) is 4.79 Å². The quantitative estimate of drug-likeness (QED) is 0.774. The van der Waals surface area contributed by atoms with Crippen molar-refractivity contribution in [2.24, 2.45) is 0 Å². The molecule has 0 amide bonds. The molecule has 0 saturated carbocycles. The number of hydrogen-bond donors (Lipinski definition) is 1. The van der Waals surface area contributed by atoms with Gasteiger partial charge in [0.2, 0.25) is 0 Å². The Kier molecular flexibility index (Phi) is 8.78. The van der Waals surface area contributed by atoms with E-state index in [1.165, 1.54) is 22.3 Å². The molecule has 1 N–H and O–H groups in total. The van der Waals surface area contributed by atoms with Crippen molar-refractivity contribution >= 4 is 18.4 Å². The second-order valence-corrected chi connectivity index (χ2v) is 8.80. The van der Waals surface area contributed by atoms with Gasteiger partial charge in [0.15, 0.2) is 0 Å². The highest BCUT2D eigenvalue weighted by atomic mass is 35.5. The fraction of sp³-hybridized carbons (Fsp3) is 0.682. The van der Waals surface area contributed by atoms with Crippen LogP contribution in [0.3, 0.4) is 0 Å². The van der Waals surface area contributed by atoms with E-state index in [0.717, 1.165) is 39.0 Å². The molecule has 1 heterocycles. The standard InChI is InChI=1S/C22H36N2O2.ClH/c1-7-24(15-21(25)26)19-8-10-23(11-9-19)14-20-16(2)12-18(13-17(20)3)22(4,5)6;/h12-13,19H,7-11,14-15H2,1-6H3,(H,25,26);1H. The first kappa shape index (κ1) is 23.9. The Balaban J connectivity index is 0.00000364. The third-order valence-electron chi connectivity index (χ3n) is 5.76. The third kappa shape index (κ3) is 6.48. The van der Waals surface area contributed by atoms with E-state index in [-0.39, 0.29) is 24.4 Å². The molecule has 0 radical (unpaired) electrons. The van der Waals surface area contributed by atoms with Gasteiger partial charge in [0.25, 0.3) is 0 Å². The van der Waals surface area contributed by atoms with Gasteiger partial charge in [-0.15, -0.1) is 12.4 Å². The molecule has 27 heavy (non-hydrogen) atoms. The van der Waals surface area contributed by atoms with Gasteiger partial charge in [0, 0.05) is 12.6 Å². The first-order valence-corrected chi connectivity index (χ1v) is 9.90. The van der Waals surface area contributed by atoms with Gasteiger partial charge in [-0.05, 0) is 74.0 Å². The fourth-order valence-electron chi connectivity index (χ4n) is 4.01. The van der Waals surface area contributed by atoms with Gasteiger partial charge >= 0.3 is 5.97 Å². The topological polar surface area (TPSA) is 43.8 Å². The lowest BCUT2D eigenvalue weighted by Gasteiger charge is -2.38. The number of halogens is 1. The molecule has 2 rings (SSSR count). The number of rotatable bonds is 6. The Labute approximate surface area is 171 Å². The van der Waals surface area contributed by atoms with Crippen LogP contribution in [0.2, 0.25) is 0 Å². The molecule has 5 heteroatoms. The number of piperidine rings is 1. The fourth-order valence-corrected chi connectivity index (χ4v) is 4.01. The molecule has 4 nitrogen and oxygen atoms in total. The number of nitrogens with zero attached hydrogens (tertiary/aromatic N) is 2. The van der Waals surface area contributed by atoms with Gasteiger partial charge in [-0.1, -0.05) is 39.8 Å². The molecule has 0 bridgehead atoms. The van der Waals surface area contributed by atoms with Crippen LogP contribution in [0.4, 0.5) is 0 Å². The summed E-state index contributed by atoms with van der Waals surface area (Å²) >= 11 is 0. The normalized spacial score (nSPS) is 16.4. The summed E-state index contributed by atoms with van der Waals surface area (Å²) in [5.74, 6) is -0.723. The molecule has 0 atom stereocenters. The van der Waals surface area contributed by atoms with E-state index < -0.39 is 5.97 Å². The third-order valence-corrected chi connectivity index (χ3v) is 5.76. The van der Waals surface area contributed by atoms with Crippen molar-refractivity contribution in [3.05, 3.63) is 34.4 Å². The highest BCUT2D eigenvalue weighted by molar-refractivity contribution is 5.85. The predicted octanol–water partition coefficient (Wildman–Crippen LogP) is 4.39. The van der Waals surface area contributed by atoms with Crippen molar-refractivity contribution < 1.29 is 9.90 Å². The maximum Gasteiger partial charge on any atom is 0.317 e. The summed E-state index contributed by atoms with van der Waals surface area (Å²) in [6.45, 7) is 17.4. The lowest BCUT2D eigenvalue weighted by molar-refractivity contribution is -0.139. The summed E-state index contributed by atoms with van der Waals surface area (Å²) in [6.07, 6.45) is 2.11. The molecule has 1 aromatic carbocycles. The van der Waals surface area contributed by atoms with E-state index >= 15 is 0 Å². The van der Waals surface area contributed by atoms with Gasteiger partial charge in [-0.2, -0.15) is 0 Å². The van der Waals surface area contributed by atoms with Crippen LogP contribution in [0.5, 0.6) is 0 Å². The summed E-state index contributed by atoms with van der Waals surface area (Å²) in [5.41, 5.74) is 5.81. The number of likely N-dealkylation sites (N-methyl/N-ethyl adjacent to an activating group) is 1. The van der Waals surface area contributed by atoms with Crippen LogP contribution in [0.1, 0.15) is 62.8 Å². The Morgan fingerprint density at radius 2 is 1.70 bits per heavy atom. The van der Waals surface area contributed by atoms with Crippen LogP contribution >= 0.6 is 12.4 Å². The molecule has 0 spiro atoms. The average Bonchev–Trinajstić information content (AvgIpc) is 2.55. The minimum atomic E-state index is -0.723. The molecule has 0 unspecified atom stereocenters. The maximum absolute atomic E-state index is 11.0. The Bertz CT molecular complexity index is 609. The molecule has 0 aromatic heterocycles. The number of aliphatic carboxylic acids is 1. The lowest BCUT2D eigenvalue weighted by Crippen LogP contribution is -2.46. The second-order valence-electron chi connectivity index (χ2n) is 8.80. The number of benzene rings is 1. The molecular weight excluding hydrogens is 360 g/mol. The number of hydrogen-bond acceptors (Lipinski definition) is 3. The maximum atomic E-state index is 11.0. The molecule has 1 saturated heterocycles. The van der Waals surface area contributed by atoms with Gasteiger partial charge < -0.3 is 5.11 Å². The minimum Gasteiger partial charge on any atom is -0.480 e. The average molecular weight is 397 g/mol. The van der Waals surface area contributed by atoms with Crippen molar-refractivity contribution in [3.8, 4) is 0 Å². The Morgan fingerprint density at radius 3 is 2.11 bits per heavy atom.